The molecule has 0 aliphatic heterocycles. The predicted molar refractivity (Wildman–Crippen MR) is 84.5 cm³/mol. The average Bonchev–Trinajstić information content (AvgIpc) is 2.51. The van der Waals surface area contributed by atoms with Gasteiger partial charge in [0.1, 0.15) is 0 Å². The molecule has 0 bridgehead atoms. The van der Waals surface area contributed by atoms with E-state index in [1.165, 1.54) is 13.0 Å². The summed E-state index contributed by atoms with van der Waals surface area (Å²) in [6.07, 6.45) is 0.160. The lowest BCUT2D eigenvalue weighted by molar-refractivity contribution is -0.115. The van der Waals surface area contributed by atoms with Crippen LogP contribution in [0, 0.1) is 11.6 Å². The van der Waals surface area contributed by atoms with Crippen molar-refractivity contribution >= 4 is 23.1 Å². The van der Waals surface area contributed by atoms with Gasteiger partial charge in [-0.05, 0) is 49.4 Å². The fourth-order valence-corrected chi connectivity index (χ4v) is 1.94. The molecule has 0 aromatic heterocycles. The van der Waals surface area contributed by atoms with Gasteiger partial charge in [-0.25, -0.2) is 8.78 Å². The van der Waals surface area contributed by atoms with E-state index in [2.05, 4.69) is 10.6 Å². The molecule has 1 amide bonds. The van der Waals surface area contributed by atoms with Crippen LogP contribution in [-0.2, 0) is 4.79 Å². The molecular formula is C17H16F2N2O2. The Labute approximate surface area is 132 Å². The minimum absolute atomic E-state index is 0.0430. The number of hydrogen-bond acceptors (Lipinski definition) is 3. The number of benzene rings is 2. The van der Waals surface area contributed by atoms with Crippen molar-refractivity contribution in [1.82, 2.24) is 0 Å². The lowest BCUT2D eigenvalue weighted by atomic mass is 10.1. The van der Waals surface area contributed by atoms with Gasteiger partial charge in [-0.15, -0.1) is 0 Å². The molecule has 2 aromatic rings. The van der Waals surface area contributed by atoms with Gasteiger partial charge in [0.25, 0.3) is 0 Å². The molecule has 2 N–H and O–H groups in total. The standard InChI is InChI=1S/C17H16F2N2O2/c1-11(22)12-2-4-13(5-3-12)21-17(23)8-9-20-14-6-7-15(18)16(19)10-14/h2-7,10,20H,8-9H2,1H3,(H,21,23). The van der Waals surface area contributed by atoms with E-state index in [9.17, 15) is 18.4 Å². The Bertz CT molecular complexity index is 715. The van der Waals surface area contributed by atoms with Crippen LogP contribution in [0.1, 0.15) is 23.7 Å². The van der Waals surface area contributed by atoms with E-state index in [0.29, 0.717) is 16.9 Å². The molecule has 0 heterocycles. The minimum atomic E-state index is -0.940. The van der Waals surface area contributed by atoms with Crippen molar-refractivity contribution in [2.45, 2.75) is 13.3 Å². The third kappa shape index (κ3) is 4.88. The number of ketones is 1. The molecule has 0 saturated carbocycles. The first kappa shape index (κ1) is 16.6. The fourth-order valence-electron chi connectivity index (χ4n) is 1.94. The van der Waals surface area contributed by atoms with E-state index in [-0.39, 0.29) is 24.7 Å². The monoisotopic (exact) mass is 318 g/mol. The van der Waals surface area contributed by atoms with Crippen LogP contribution in [0.4, 0.5) is 20.2 Å². The van der Waals surface area contributed by atoms with Crippen LogP contribution < -0.4 is 10.6 Å². The Morgan fingerprint density at radius 2 is 1.61 bits per heavy atom. The van der Waals surface area contributed by atoms with Crippen LogP contribution in [0.5, 0.6) is 0 Å². The van der Waals surface area contributed by atoms with Gasteiger partial charge in [-0.1, -0.05) is 0 Å². The maximum absolute atomic E-state index is 13.0. The molecule has 23 heavy (non-hydrogen) atoms. The zero-order valence-electron chi connectivity index (χ0n) is 12.5. The quantitative estimate of drug-likeness (QED) is 0.800. The van der Waals surface area contributed by atoms with Gasteiger partial charge in [0.05, 0.1) is 0 Å². The number of amides is 1. The molecule has 120 valence electrons. The van der Waals surface area contributed by atoms with E-state index in [4.69, 9.17) is 0 Å². The van der Waals surface area contributed by atoms with Crippen LogP contribution in [0.25, 0.3) is 0 Å². The van der Waals surface area contributed by atoms with Crippen molar-refractivity contribution in [2.24, 2.45) is 0 Å². The minimum Gasteiger partial charge on any atom is -0.384 e. The number of Topliss-reactive ketones (excluding diaryl/α,β-unsaturated/α-hetero) is 1. The van der Waals surface area contributed by atoms with Crippen molar-refractivity contribution in [3.05, 3.63) is 59.7 Å². The van der Waals surface area contributed by atoms with Crippen molar-refractivity contribution in [3.63, 3.8) is 0 Å². The second-order valence-electron chi connectivity index (χ2n) is 4.99. The van der Waals surface area contributed by atoms with E-state index < -0.39 is 11.6 Å². The molecule has 0 radical (unpaired) electrons. The number of halogens is 2. The van der Waals surface area contributed by atoms with Gasteiger partial charge < -0.3 is 10.6 Å². The molecule has 0 spiro atoms. The highest BCUT2D eigenvalue weighted by Crippen LogP contribution is 2.13. The molecule has 2 aromatic carbocycles. The number of anilines is 2. The van der Waals surface area contributed by atoms with Gasteiger partial charge >= 0.3 is 0 Å². The lowest BCUT2D eigenvalue weighted by Gasteiger charge is -2.08. The van der Waals surface area contributed by atoms with Crippen molar-refractivity contribution in [1.29, 1.82) is 0 Å². The summed E-state index contributed by atoms with van der Waals surface area (Å²) in [7, 11) is 0. The smallest absolute Gasteiger partial charge is 0.226 e. The molecule has 4 nitrogen and oxygen atoms in total. The summed E-state index contributed by atoms with van der Waals surface area (Å²) < 4.78 is 25.8. The molecule has 0 atom stereocenters. The molecule has 0 aliphatic carbocycles. The summed E-state index contributed by atoms with van der Waals surface area (Å²) in [5, 5.41) is 5.53. The van der Waals surface area contributed by atoms with Crippen LogP contribution in [0.15, 0.2) is 42.5 Å². The summed E-state index contributed by atoms with van der Waals surface area (Å²) in [5.41, 5.74) is 1.57. The summed E-state index contributed by atoms with van der Waals surface area (Å²) in [4.78, 5) is 22.9. The topological polar surface area (TPSA) is 58.2 Å². The maximum atomic E-state index is 13.0. The Morgan fingerprint density at radius 1 is 0.957 bits per heavy atom. The number of hydrogen-bond donors (Lipinski definition) is 2. The van der Waals surface area contributed by atoms with Crippen LogP contribution >= 0.6 is 0 Å². The first-order valence-corrected chi connectivity index (χ1v) is 7.05. The summed E-state index contributed by atoms with van der Waals surface area (Å²) in [6.45, 7) is 1.75. The molecule has 0 unspecified atom stereocenters. The molecule has 0 fully saturated rings. The van der Waals surface area contributed by atoms with E-state index in [1.807, 2.05) is 0 Å². The molecule has 0 saturated heterocycles. The van der Waals surface area contributed by atoms with Gasteiger partial charge in [-0.2, -0.15) is 0 Å². The Balaban J connectivity index is 1.80. The summed E-state index contributed by atoms with van der Waals surface area (Å²) in [5.74, 6) is -2.12. The largest absolute Gasteiger partial charge is 0.384 e. The van der Waals surface area contributed by atoms with E-state index >= 15 is 0 Å². The summed E-state index contributed by atoms with van der Waals surface area (Å²) >= 11 is 0. The number of rotatable bonds is 6. The first-order chi connectivity index (χ1) is 11.0. The Morgan fingerprint density at radius 3 is 2.22 bits per heavy atom. The van der Waals surface area contributed by atoms with E-state index in [0.717, 1.165) is 12.1 Å². The zero-order valence-corrected chi connectivity index (χ0v) is 12.5. The van der Waals surface area contributed by atoms with Gasteiger partial charge in [0, 0.05) is 29.9 Å². The Hall–Kier alpha value is -2.76. The molecular weight excluding hydrogens is 302 g/mol. The number of carbonyl (C=O) groups excluding carboxylic acids is 2. The number of nitrogens with one attached hydrogen (secondary N) is 2. The predicted octanol–water partition coefficient (Wildman–Crippen LogP) is 3.61. The molecule has 6 heteroatoms. The molecule has 0 aliphatic rings. The summed E-state index contributed by atoms with van der Waals surface area (Å²) in [6, 6.07) is 10.0. The van der Waals surface area contributed by atoms with Gasteiger partial charge in [-0.3, -0.25) is 9.59 Å². The van der Waals surface area contributed by atoms with Gasteiger partial charge in [0.2, 0.25) is 5.91 Å². The van der Waals surface area contributed by atoms with Crippen molar-refractivity contribution in [3.8, 4) is 0 Å². The third-order valence-electron chi connectivity index (χ3n) is 3.18. The highest BCUT2D eigenvalue weighted by Gasteiger charge is 2.05. The maximum Gasteiger partial charge on any atom is 0.226 e. The van der Waals surface area contributed by atoms with Crippen LogP contribution in [0.3, 0.4) is 0 Å². The molecule has 2 rings (SSSR count). The van der Waals surface area contributed by atoms with Crippen LogP contribution in [0.2, 0.25) is 0 Å². The van der Waals surface area contributed by atoms with Gasteiger partial charge in [0.15, 0.2) is 17.4 Å². The first-order valence-electron chi connectivity index (χ1n) is 7.05. The van der Waals surface area contributed by atoms with Crippen molar-refractivity contribution < 1.29 is 18.4 Å². The lowest BCUT2D eigenvalue weighted by Crippen LogP contribution is -2.16. The van der Waals surface area contributed by atoms with Crippen molar-refractivity contribution in [2.75, 3.05) is 17.2 Å². The normalized spacial score (nSPS) is 10.2. The Kier molecular flexibility index (Phi) is 5.41. The zero-order chi connectivity index (χ0) is 16.8. The fraction of sp³-hybridized carbons (Fsp3) is 0.176. The second-order valence-corrected chi connectivity index (χ2v) is 4.99. The average molecular weight is 318 g/mol. The van der Waals surface area contributed by atoms with Crippen LogP contribution in [-0.4, -0.2) is 18.2 Å². The highest BCUT2D eigenvalue weighted by molar-refractivity contribution is 5.95. The SMILES string of the molecule is CC(=O)c1ccc(NC(=O)CCNc2ccc(F)c(F)c2)cc1. The second kappa shape index (κ2) is 7.49. The van der Waals surface area contributed by atoms with E-state index in [1.54, 1.807) is 24.3 Å². The third-order valence-corrected chi connectivity index (χ3v) is 3.18. The number of carbonyl (C=O) groups is 2. The highest BCUT2D eigenvalue weighted by atomic mass is 19.2.